The van der Waals surface area contributed by atoms with Crippen molar-refractivity contribution in [1.29, 1.82) is 0 Å². The van der Waals surface area contributed by atoms with Crippen molar-refractivity contribution in [3.63, 3.8) is 0 Å². The molecule has 1 aliphatic heterocycles. The molecule has 2 heterocycles. The number of ether oxygens (including phenoxy) is 1. The molecule has 1 aromatic rings. The summed E-state index contributed by atoms with van der Waals surface area (Å²) in [6, 6.07) is 1.82. The van der Waals surface area contributed by atoms with E-state index in [9.17, 15) is 4.79 Å². The molecule has 6 nitrogen and oxygen atoms in total. The molecule has 1 amide bonds. The first-order chi connectivity index (χ1) is 9.63. The highest BCUT2D eigenvalue weighted by molar-refractivity contribution is 6.28. The van der Waals surface area contributed by atoms with Gasteiger partial charge in [0.1, 0.15) is 11.9 Å². The monoisotopic (exact) mass is 296 g/mol. The highest BCUT2D eigenvalue weighted by Gasteiger charge is 2.34. The summed E-state index contributed by atoms with van der Waals surface area (Å²) in [7, 11) is 0. The molecule has 108 valence electrons. The van der Waals surface area contributed by atoms with Crippen LogP contribution in [0.25, 0.3) is 0 Å². The first-order valence-electron chi connectivity index (χ1n) is 6.79. The summed E-state index contributed by atoms with van der Waals surface area (Å²) in [6.07, 6.45) is 2.13. The summed E-state index contributed by atoms with van der Waals surface area (Å²) in [5.41, 5.74) is 0.785. The van der Waals surface area contributed by atoms with Crippen molar-refractivity contribution >= 4 is 23.3 Å². The predicted molar refractivity (Wildman–Crippen MR) is 74.9 cm³/mol. The summed E-state index contributed by atoms with van der Waals surface area (Å²) >= 11 is 5.91. The molecule has 0 radical (unpaired) electrons. The molecule has 1 aromatic heterocycles. The number of carbonyl (C=O) groups is 1. The van der Waals surface area contributed by atoms with Gasteiger partial charge in [0.15, 0.2) is 0 Å². The molecule has 1 saturated heterocycles. The van der Waals surface area contributed by atoms with Crippen LogP contribution in [0.4, 0.5) is 5.82 Å². The fourth-order valence-electron chi connectivity index (χ4n) is 2.28. The van der Waals surface area contributed by atoms with E-state index in [0.717, 1.165) is 18.5 Å². The zero-order valence-electron chi connectivity index (χ0n) is 11.3. The zero-order valence-corrected chi connectivity index (χ0v) is 12.1. The Balaban J connectivity index is 1.81. The van der Waals surface area contributed by atoms with Crippen LogP contribution in [0.15, 0.2) is 6.07 Å². The molecule has 1 unspecified atom stereocenters. The van der Waals surface area contributed by atoms with Crippen LogP contribution in [0.5, 0.6) is 0 Å². The zero-order chi connectivity index (χ0) is 14.1. The summed E-state index contributed by atoms with van der Waals surface area (Å²) in [5, 5.41) is 3.22. The average Bonchev–Trinajstić information content (AvgIpc) is 3.21. The molecule has 0 spiro atoms. The van der Waals surface area contributed by atoms with Gasteiger partial charge >= 0.3 is 0 Å². The maximum absolute atomic E-state index is 12.3. The number of halogens is 1. The van der Waals surface area contributed by atoms with E-state index in [1.807, 2.05) is 17.9 Å². The Morgan fingerprint density at radius 1 is 1.50 bits per heavy atom. The molecule has 1 saturated carbocycles. The number of hydrogen-bond donors (Lipinski definition) is 1. The fraction of sp³-hybridized carbons (Fsp3) is 0.615. The lowest BCUT2D eigenvalue weighted by Gasteiger charge is -2.35. The minimum Gasteiger partial charge on any atom is -0.377 e. The number of amides is 1. The van der Waals surface area contributed by atoms with Crippen molar-refractivity contribution in [1.82, 2.24) is 15.3 Å². The third kappa shape index (κ3) is 3.02. The third-order valence-corrected chi connectivity index (χ3v) is 3.63. The van der Waals surface area contributed by atoms with Crippen LogP contribution in [0, 0.1) is 6.92 Å². The van der Waals surface area contributed by atoms with Gasteiger partial charge in [0.25, 0.3) is 0 Å². The number of nitrogens with one attached hydrogen (secondary N) is 1. The summed E-state index contributed by atoms with van der Waals surface area (Å²) < 4.78 is 5.44. The van der Waals surface area contributed by atoms with Crippen molar-refractivity contribution in [3.05, 3.63) is 17.0 Å². The lowest BCUT2D eigenvalue weighted by atomic mass is 10.2. The number of nitrogens with zero attached hydrogens (tertiary/aromatic N) is 3. The van der Waals surface area contributed by atoms with Crippen LogP contribution in [0.2, 0.25) is 5.28 Å². The van der Waals surface area contributed by atoms with E-state index in [0.29, 0.717) is 31.6 Å². The Morgan fingerprint density at radius 3 is 3.00 bits per heavy atom. The van der Waals surface area contributed by atoms with Crippen molar-refractivity contribution in [3.8, 4) is 0 Å². The largest absolute Gasteiger partial charge is 0.377 e. The molecule has 3 rings (SSSR count). The predicted octanol–water partition coefficient (Wildman–Crippen LogP) is 0.922. The average molecular weight is 297 g/mol. The number of carbonyl (C=O) groups excluding carboxylic acids is 1. The second-order valence-corrected chi connectivity index (χ2v) is 5.54. The Bertz CT molecular complexity index is 501. The second kappa shape index (κ2) is 5.54. The van der Waals surface area contributed by atoms with Gasteiger partial charge in [-0.2, -0.15) is 0 Å². The molecule has 20 heavy (non-hydrogen) atoms. The maximum Gasteiger partial charge on any atom is 0.245 e. The number of morpholine rings is 1. The molecule has 0 bridgehead atoms. The van der Waals surface area contributed by atoms with Crippen molar-refractivity contribution in [2.24, 2.45) is 0 Å². The van der Waals surface area contributed by atoms with E-state index < -0.39 is 0 Å². The molecule has 2 fully saturated rings. The highest BCUT2D eigenvalue weighted by atomic mass is 35.5. The summed E-state index contributed by atoms with van der Waals surface area (Å²) in [5.74, 6) is 0.682. The van der Waals surface area contributed by atoms with Gasteiger partial charge in [0.2, 0.25) is 11.2 Å². The van der Waals surface area contributed by atoms with E-state index in [-0.39, 0.29) is 17.2 Å². The van der Waals surface area contributed by atoms with Crippen molar-refractivity contribution in [2.75, 3.05) is 24.7 Å². The van der Waals surface area contributed by atoms with Crippen molar-refractivity contribution < 1.29 is 9.53 Å². The maximum atomic E-state index is 12.3. The van der Waals surface area contributed by atoms with Crippen LogP contribution < -0.4 is 10.2 Å². The quantitative estimate of drug-likeness (QED) is 0.840. The van der Waals surface area contributed by atoms with Gasteiger partial charge < -0.3 is 15.0 Å². The Kier molecular flexibility index (Phi) is 3.76. The number of hydrogen-bond acceptors (Lipinski definition) is 5. The SMILES string of the molecule is Cc1cc(N2CCOCC2C(=O)NC2CC2)nc(Cl)n1. The Hall–Kier alpha value is -1.40. The Labute approximate surface area is 122 Å². The minimum atomic E-state index is -0.352. The molecule has 1 atom stereocenters. The number of aromatic nitrogens is 2. The summed E-state index contributed by atoms with van der Waals surface area (Å²) in [6.45, 7) is 3.43. The minimum absolute atomic E-state index is 0.000382. The number of rotatable bonds is 3. The van der Waals surface area contributed by atoms with Crippen molar-refractivity contribution in [2.45, 2.75) is 31.8 Å². The van der Waals surface area contributed by atoms with Gasteiger partial charge in [-0.3, -0.25) is 4.79 Å². The lowest BCUT2D eigenvalue weighted by Crippen LogP contribution is -2.54. The smallest absolute Gasteiger partial charge is 0.245 e. The van der Waals surface area contributed by atoms with Crippen LogP contribution in [-0.2, 0) is 9.53 Å². The first kappa shape index (κ1) is 13.6. The van der Waals surface area contributed by atoms with Gasteiger partial charge in [0, 0.05) is 24.3 Å². The van der Waals surface area contributed by atoms with Crippen LogP contribution in [-0.4, -0.2) is 47.7 Å². The van der Waals surface area contributed by atoms with Crippen LogP contribution >= 0.6 is 11.6 Å². The van der Waals surface area contributed by atoms with Gasteiger partial charge in [-0.15, -0.1) is 0 Å². The van der Waals surface area contributed by atoms with Crippen LogP contribution in [0.3, 0.4) is 0 Å². The molecule has 7 heteroatoms. The topological polar surface area (TPSA) is 67.3 Å². The Morgan fingerprint density at radius 2 is 2.30 bits per heavy atom. The fourth-order valence-corrected chi connectivity index (χ4v) is 2.50. The second-order valence-electron chi connectivity index (χ2n) is 5.20. The first-order valence-corrected chi connectivity index (χ1v) is 7.17. The van der Waals surface area contributed by atoms with E-state index in [4.69, 9.17) is 16.3 Å². The van der Waals surface area contributed by atoms with Crippen LogP contribution in [0.1, 0.15) is 18.5 Å². The van der Waals surface area contributed by atoms with E-state index in [1.165, 1.54) is 0 Å². The van der Waals surface area contributed by atoms with E-state index in [1.54, 1.807) is 0 Å². The van der Waals surface area contributed by atoms with Gasteiger partial charge in [-0.05, 0) is 31.4 Å². The molecule has 1 aliphatic carbocycles. The standard InChI is InChI=1S/C13H17ClN4O2/c1-8-6-11(17-13(14)15-8)18-4-5-20-7-10(18)12(19)16-9-2-3-9/h6,9-10H,2-5,7H2,1H3,(H,16,19). The normalized spacial score (nSPS) is 22.7. The van der Waals surface area contributed by atoms with Gasteiger partial charge in [-0.25, -0.2) is 9.97 Å². The highest BCUT2D eigenvalue weighted by Crippen LogP contribution is 2.22. The molecule has 1 N–H and O–H groups in total. The van der Waals surface area contributed by atoms with Gasteiger partial charge in [0.05, 0.1) is 13.2 Å². The molecule has 2 aliphatic rings. The van der Waals surface area contributed by atoms with Gasteiger partial charge in [-0.1, -0.05) is 0 Å². The third-order valence-electron chi connectivity index (χ3n) is 3.46. The molecule has 0 aromatic carbocycles. The molecular weight excluding hydrogens is 280 g/mol. The molecular formula is C13H17ClN4O2. The lowest BCUT2D eigenvalue weighted by molar-refractivity contribution is -0.124. The van der Waals surface area contributed by atoms with E-state index in [2.05, 4.69) is 15.3 Å². The number of anilines is 1. The van der Waals surface area contributed by atoms with E-state index >= 15 is 0 Å². The number of aryl methyl sites for hydroxylation is 1. The summed E-state index contributed by atoms with van der Waals surface area (Å²) in [4.78, 5) is 22.5.